The third-order valence-electron chi connectivity index (χ3n) is 6.36. The molecule has 1 N–H and O–H groups in total. The van der Waals surface area contributed by atoms with Crippen LogP contribution in [0.25, 0.3) is 11.1 Å². The lowest BCUT2D eigenvalue weighted by atomic mass is 10.0. The normalized spacial score (nSPS) is 11.8. The summed E-state index contributed by atoms with van der Waals surface area (Å²) < 4.78 is 24.1. The lowest BCUT2D eigenvalue weighted by Gasteiger charge is -2.24. The van der Waals surface area contributed by atoms with E-state index in [4.69, 9.17) is 12.6 Å². The van der Waals surface area contributed by atoms with Gasteiger partial charge in [0.15, 0.2) is 5.78 Å². The van der Waals surface area contributed by atoms with Crippen molar-refractivity contribution in [3.8, 4) is 16.9 Å². The van der Waals surface area contributed by atoms with Crippen LogP contribution in [0.1, 0.15) is 49.9 Å². The molecule has 4 aromatic carbocycles. The minimum atomic E-state index is -2.09. The van der Waals surface area contributed by atoms with E-state index in [-0.39, 0.29) is 12.3 Å². The summed E-state index contributed by atoms with van der Waals surface area (Å²) in [5.41, 5.74) is 3.47. The molecule has 0 atom stereocenters. The van der Waals surface area contributed by atoms with Crippen molar-refractivity contribution in [2.75, 3.05) is 13.2 Å². The number of hydrogen-bond acceptors (Lipinski definition) is 4. The predicted molar refractivity (Wildman–Crippen MR) is 154 cm³/mol. The van der Waals surface area contributed by atoms with Gasteiger partial charge in [0.05, 0.1) is 9.35 Å². The smallest absolute Gasteiger partial charge is 0.254 e. The van der Waals surface area contributed by atoms with E-state index in [1.165, 1.54) is 4.90 Å². The highest BCUT2D eigenvalue weighted by Gasteiger charge is 2.19. The van der Waals surface area contributed by atoms with E-state index in [2.05, 4.69) is 0 Å². The molecule has 39 heavy (non-hydrogen) atoms. The summed E-state index contributed by atoms with van der Waals surface area (Å²) in [4.78, 5) is 26.5. The van der Waals surface area contributed by atoms with Gasteiger partial charge >= 0.3 is 0 Å². The zero-order valence-corrected chi connectivity index (χ0v) is 22.0. The minimum absolute atomic E-state index is 0.00232. The Balaban J connectivity index is 1.55. The van der Waals surface area contributed by atoms with E-state index in [1.54, 1.807) is 36.4 Å². The number of nitrogens with zero attached hydrogens (tertiary/aromatic N) is 1. The summed E-state index contributed by atoms with van der Waals surface area (Å²) in [7, 11) is 0. The Morgan fingerprint density at radius 2 is 1.38 bits per heavy atom. The fraction of sp³-hybridized carbons (Fsp3) is 0.235. The molecule has 0 aliphatic heterocycles. The molecule has 5 heteroatoms. The number of benzene rings is 4. The second-order valence-corrected chi connectivity index (χ2v) is 9.28. The molecular formula is C34H35NO4. The highest BCUT2D eigenvalue weighted by atomic mass is 16.5. The van der Waals surface area contributed by atoms with Crippen molar-refractivity contribution in [1.82, 2.24) is 4.90 Å². The minimum Gasteiger partial charge on any atom is -0.493 e. The molecule has 0 aromatic heterocycles. The first-order valence-corrected chi connectivity index (χ1v) is 13.3. The fourth-order valence-electron chi connectivity index (χ4n) is 4.23. The molecule has 0 aliphatic carbocycles. The number of para-hydroxylation sites is 1. The molecule has 0 spiro atoms. The van der Waals surface area contributed by atoms with Gasteiger partial charge in [-0.05, 0) is 54.2 Å². The van der Waals surface area contributed by atoms with Gasteiger partial charge < -0.3 is 14.7 Å². The molecule has 200 valence electrons. The molecule has 0 heterocycles. The molecule has 0 aliphatic rings. The topological polar surface area (TPSA) is 66.8 Å². The zero-order chi connectivity index (χ0) is 29.1. The molecule has 0 bridgehead atoms. The highest BCUT2D eigenvalue weighted by molar-refractivity contribution is 5.94. The van der Waals surface area contributed by atoms with Crippen LogP contribution in [0.2, 0.25) is 0 Å². The number of Topliss-reactive ketones (excluding diaryl/α,β-unsaturated/α-hetero) is 1. The largest absolute Gasteiger partial charge is 0.493 e. The number of aliphatic hydroxyl groups excluding tert-OH is 1. The summed E-state index contributed by atoms with van der Waals surface area (Å²) in [6, 6.07) is 33.2. The molecule has 0 saturated carbocycles. The highest BCUT2D eigenvalue weighted by Crippen LogP contribution is 2.24. The van der Waals surface area contributed by atoms with Crippen molar-refractivity contribution in [2.45, 2.75) is 38.7 Å². The first kappa shape index (κ1) is 25.1. The maximum Gasteiger partial charge on any atom is 0.254 e. The van der Waals surface area contributed by atoms with Gasteiger partial charge in [-0.1, -0.05) is 91.0 Å². The number of unbranched alkanes of at least 4 members (excludes halogenated alkanes) is 2. The third kappa shape index (κ3) is 8.39. The van der Waals surface area contributed by atoms with E-state index in [9.17, 15) is 9.59 Å². The molecule has 0 unspecified atom stereocenters. The van der Waals surface area contributed by atoms with Crippen LogP contribution in [-0.2, 0) is 17.8 Å². The number of ketones is 1. The number of carbonyl (C=O) groups is 2. The number of amides is 1. The summed E-state index contributed by atoms with van der Waals surface area (Å²) in [5, 5.41) is 8.86. The Hall–Kier alpha value is -4.22. The van der Waals surface area contributed by atoms with Gasteiger partial charge in [-0.2, -0.15) is 0 Å². The van der Waals surface area contributed by atoms with Crippen LogP contribution >= 0.6 is 0 Å². The average Bonchev–Trinajstić information content (AvgIpc) is 3.02. The second-order valence-electron chi connectivity index (χ2n) is 9.28. The fourth-order valence-corrected chi connectivity index (χ4v) is 4.23. The summed E-state index contributed by atoms with van der Waals surface area (Å²) in [5.74, 6) is -0.00902. The second kappa shape index (κ2) is 14.6. The first-order valence-electron chi connectivity index (χ1n) is 14.3. The number of aliphatic hydroxyl groups is 1. The van der Waals surface area contributed by atoms with Gasteiger partial charge in [0.1, 0.15) is 12.4 Å². The number of ether oxygens (including phenoxy) is 1. The summed E-state index contributed by atoms with van der Waals surface area (Å²) in [6.45, 7) is -2.09. The molecule has 4 rings (SSSR count). The van der Waals surface area contributed by atoms with Crippen molar-refractivity contribution in [1.29, 1.82) is 0 Å². The van der Waals surface area contributed by atoms with E-state index in [0.29, 0.717) is 41.9 Å². The van der Waals surface area contributed by atoms with Crippen LogP contribution < -0.4 is 4.74 Å². The Labute approximate surface area is 233 Å². The summed E-state index contributed by atoms with van der Waals surface area (Å²) in [6.07, 6.45) is 2.56. The van der Waals surface area contributed by atoms with Crippen LogP contribution in [0, 0.1) is 0 Å². The molecule has 0 radical (unpaired) electrons. The summed E-state index contributed by atoms with van der Waals surface area (Å²) >= 11 is 0. The van der Waals surface area contributed by atoms with E-state index in [0.717, 1.165) is 24.0 Å². The van der Waals surface area contributed by atoms with Crippen LogP contribution in [-0.4, -0.2) is 34.9 Å². The van der Waals surface area contributed by atoms with Crippen molar-refractivity contribution in [3.05, 3.63) is 126 Å². The number of hydrogen-bond donors (Lipinski definition) is 1. The molecule has 5 nitrogen and oxygen atoms in total. The molecule has 1 amide bonds. The quantitative estimate of drug-likeness (QED) is 0.187. The van der Waals surface area contributed by atoms with Gasteiger partial charge in [-0.25, -0.2) is 0 Å². The average molecular weight is 524 g/mol. The van der Waals surface area contributed by atoms with Crippen LogP contribution in [0.5, 0.6) is 5.75 Å². The molecule has 0 fully saturated rings. The number of carbonyl (C=O) groups excluding carboxylic acids is 2. The third-order valence-corrected chi connectivity index (χ3v) is 6.36. The van der Waals surface area contributed by atoms with Gasteiger partial charge in [0.25, 0.3) is 5.91 Å². The predicted octanol–water partition coefficient (Wildman–Crippen LogP) is 6.70. The van der Waals surface area contributed by atoms with Crippen molar-refractivity contribution >= 4 is 11.7 Å². The standard InChI is InChI=1S/C34H35NO4/c36-26-32(37)17-8-3-11-23-39-33-18-10-9-16-31(33)25-35(24-27-12-4-1-5-13-27)34(38)30-21-19-29(20-22-30)28-14-6-2-7-15-28/h1-2,4-7,9-10,12-16,18-22,36H,3,8,11,17,23-26H2/i24D2. The molecular weight excluding hydrogens is 486 g/mol. The van der Waals surface area contributed by atoms with E-state index in [1.807, 2.05) is 72.8 Å². The maximum atomic E-state index is 13.9. The van der Waals surface area contributed by atoms with Crippen LogP contribution in [0.4, 0.5) is 0 Å². The SMILES string of the molecule is [2H]C([2H])(c1ccccc1)N(Cc1ccccc1OCCCCCC(=O)CO)C(=O)c1ccc(-c2ccccc2)cc1. The van der Waals surface area contributed by atoms with Gasteiger partial charge in [-0.3, -0.25) is 9.59 Å². The Kier molecular flexibility index (Phi) is 9.42. The van der Waals surface area contributed by atoms with Crippen molar-refractivity contribution in [3.63, 3.8) is 0 Å². The van der Waals surface area contributed by atoms with Crippen molar-refractivity contribution < 1.29 is 22.2 Å². The zero-order valence-electron chi connectivity index (χ0n) is 24.0. The van der Waals surface area contributed by atoms with Crippen molar-refractivity contribution in [2.24, 2.45) is 0 Å². The van der Waals surface area contributed by atoms with Gasteiger partial charge in [0.2, 0.25) is 0 Å². The monoisotopic (exact) mass is 523 g/mol. The first-order chi connectivity index (χ1) is 19.9. The van der Waals surface area contributed by atoms with E-state index < -0.39 is 19.0 Å². The number of rotatable bonds is 14. The van der Waals surface area contributed by atoms with Gasteiger partial charge in [0, 0.05) is 30.6 Å². The lowest BCUT2D eigenvalue weighted by molar-refractivity contribution is -0.121. The lowest BCUT2D eigenvalue weighted by Crippen LogP contribution is -2.30. The Morgan fingerprint density at radius 3 is 2.10 bits per heavy atom. The molecule has 0 saturated heterocycles. The van der Waals surface area contributed by atoms with Gasteiger partial charge in [-0.15, -0.1) is 0 Å². The van der Waals surface area contributed by atoms with Crippen LogP contribution in [0.15, 0.2) is 109 Å². The Morgan fingerprint density at radius 1 is 0.744 bits per heavy atom. The van der Waals surface area contributed by atoms with Crippen LogP contribution in [0.3, 0.4) is 0 Å². The maximum absolute atomic E-state index is 13.9. The Bertz CT molecular complexity index is 1410. The van der Waals surface area contributed by atoms with E-state index >= 15 is 0 Å². The molecule has 4 aromatic rings.